The fraction of sp³-hybridized carbons (Fsp3) is 0.286. The predicted molar refractivity (Wildman–Crippen MR) is 73.0 cm³/mol. The van der Waals surface area contributed by atoms with E-state index in [9.17, 15) is 0 Å². The number of nitrogens with one attached hydrogen (secondary N) is 2. The van der Waals surface area contributed by atoms with Gasteiger partial charge in [-0.1, -0.05) is 24.3 Å². The first-order valence-electron chi connectivity index (χ1n) is 6.13. The van der Waals surface area contributed by atoms with Crippen LogP contribution < -0.4 is 5.62 Å². The Morgan fingerprint density at radius 2 is 1.95 bits per heavy atom. The summed E-state index contributed by atoms with van der Waals surface area (Å²) in [6.07, 6.45) is 0.781. The summed E-state index contributed by atoms with van der Waals surface area (Å²) in [4.78, 5) is 4.28. The van der Waals surface area contributed by atoms with Gasteiger partial charge in [0.05, 0.1) is 12.2 Å². The van der Waals surface area contributed by atoms with Crippen LogP contribution in [0.2, 0.25) is 0 Å². The first kappa shape index (κ1) is 13.1. The Balaban J connectivity index is 2.32. The minimum atomic E-state index is 0.257. The second-order valence-corrected chi connectivity index (χ2v) is 4.49. The molecule has 0 spiro atoms. The fourth-order valence-electron chi connectivity index (χ4n) is 1.86. The van der Waals surface area contributed by atoms with Crippen molar-refractivity contribution in [1.29, 1.82) is 10.9 Å². The smallest absolute Gasteiger partial charge is 0.222 e. The molecule has 0 atom stereocenters. The van der Waals surface area contributed by atoms with Gasteiger partial charge in [-0.05, 0) is 25.0 Å². The lowest BCUT2D eigenvalue weighted by molar-refractivity contribution is 0.736. The highest BCUT2D eigenvalue weighted by Gasteiger charge is 2.03. The Bertz CT molecular complexity index is 640. The molecule has 1 aromatic carbocycles. The number of hydrogen-bond acceptors (Lipinski definition) is 4. The minimum Gasteiger partial charge on any atom is -0.318 e. The summed E-state index contributed by atoms with van der Waals surface area (Å²) in [6.45, 7) is 2.49. The van der Waals surface area contributed by atoms with Crippen LogP contribution in [0, 0.1) is 17.9 Å². The van der Waals surface area contributed by atoms with E-state index in [0.717, 1.165) is 28.9 Å². The van der Waals surface area contributed by atoms with E-state index in [1.165, 1.54) is 0 Å². The van der Waals surface area contributed by atoms with Gasteiger partial charge >= 0.3 is 0 Å². The number of hydrogen-bond donors (Lipinski definition) is 2. The maximum Gasteiger partial charge on any atom is 0.222 e. The Labute approximate surface area is 112 Å². The highest BCUT2D eigenvalue weighted by atomic mass is 15.0. The standard InChI is InChI=1S/C14H17N5/c1-10-9-13(18-14(15)19(10)2)12-5-3-11(4-6-12)7-8-17-16/h3-6,9,15-16H,7-8H2,1-2H3. The van der Waals surface area contributed by atoms with Gasteiger partial charge in [0.1, 0.15) is 0 Å². The summed E-state index contributed by atoms with van der Waals surface area (Å²) >= 11 is 0. The molecule has 2 rings (SSSR count). The van der Waals surface area contributed by atoms with Gasteiger partial charge in [0.25, 0.3) is 0 Å². The van der Waals surface area contributed by atoms with Crippen LogP contribution in [0.25, 0.3) is 11.3 Å². The van der Waals surface area contributed by atoms with Crippen LogP contribution in [0.1, 0.15) is 11.3 Å². The van der Waals surface area contributed by atoms with E-state index < -0.39 is 0 Å². The van der Waals surface area contributed by atoms with E-state index in [1.54, 1.807) is 4.57 Å². The lowest BCUT2D eigenvalue weighted by atomic mass is 10.1. The van der Waals surface area contributed by atoms with Crippen molar-refractivity contribution in [2.24, 2.45) is 12.2 Å². The summed E-state index contributed by atoms with van der Waals surface area (Å²) in [6, 6.07) is 10.0. The van der Waals surface area contributed by atoms with Crippen molar-refractivity contribution < 1.29 is 0 Å². The molecule has 0 unspecified atom stereocenters. The zero-order valence-corrected chi connectivity index (χ0v) is 11.1. The topological polar surface area (TPSA) is 77.9 Å². The summed E-state index contributed by atoms with van der Waals surface area (Å²) in [5.41, 5.74) is 11.0. The van der Waals surface area contributed by atoms with Crippen molar-refractivity contribution in [3.8, 4) is 11.3 Å². The molecule has 0 aliphatic rings. The Morgan fingerprint density at radius 3 is 2.53 bits per heavy atom. The van der Waals surface area contributed by atoms with Crippen molar-refractivity contribution in [3.63, 3.8) is 0 Å². The molecule has 19 heavy (non-hydrogen) atoms. The van der Waals surface area contributed by atoms with Crippen LogP contribution in [0.5, 0.6) is 0 Å². The van der Waals surface area contributed by atoms with E-state index in [0.29, 0.717) is 6.54 Å². The van der Waals surface area contributed by atoms with Gasteiger partial charge in [0.2, 0.25) is 5.62 Å². The number of aryl methyl sites for hydroxylation is 1. The lowest BCUT2D eigenvalue weighted by Crippen LogP contribution is -2.22. The molecule has 2 N–H and O–H groups in total. The van der Waals surface area contributed by atoms with Crippen molar-refractivity contribution >= 4 is 0 Å². The Hall–Kier alpha value is -2.30. The molecular weight excluding hydrogens is 238 g/mol. The second kappa shape index (κ2) is 5.56. The zero-order valence-electron chi connectivity index (χ0n) is 11.1. The maximum atomic E-state index is 7.80. The molecular formula is C14H17N5. The minimum absolute atomic E-state index is 0.257. The molecule has 0 saturated carbocycles. The van der Waals surface area contributed by atoms with E-state index in [1.807, 2.05) is 44.3 Å². The molecule has 0 amide bonds. The average molecular weight is 255 g/mol. The van der Waals surface area contributed by atoms with Gasteiger partial charge in [-0.25, -0.2) is 10.5 Å². The van der Waals surface area contributed by atoms with Crippen LogP contribution in [0.3, 0.4) is 0 Å². The van der Waals surface area contributed by atoms with Crippen molar-refractivity contribution in [1.82, 2.24) is 9.55 Å². The van der Waals surface area contributed by atoms with Crippen LogP contribution >= 0.6 is 0 Å². The number of nitrogens with zero attached hydrogens (tertiary/aromatic N) is 3. The third-order valence-electron chi connectivity index (χ3n) is 3.18. The van der Waals surface area contributed by atoms with Gasteiger partial charge in [-0.2, -0.15) is 5.11 Å². The third kappa shape index (κ3) is 2.93. The normalized spacial score (nSPS) is 10.4. The summed E-state index contributed by atoms with van der Waals surface area (Å²) in [7, 11) is 1.84. The molecule has 5 heteroatoms. The highest BCUT2D eigenvalue weighted by Crippen LogP contribution is 2.17. The summed E-state index contributed by atoms with van der Waals surface area (Å²) < 4.78 is 1.74. The molecule has 0 saturated heterocycles. The SMILES string of the molecule is Cc1cc(-c2ccc(CCN=N)cc2)nc(=N)n1C. The molecule has 5 nitrogen and oxygen atoms in total. The quantitative estimate of drug-likeness (QED) is 0.809. The third-order valence-corrected chi connectivity index (χ3v) is 3.18. The van der Waals surface area contributed by atoms with Gasteiger partial charge in [0.15, 0.2) is 0 Å². The monoisotopic (exact) mass is 255 g/mol. The van der Waals surface area contributed by atoms with Crippen LogP contribution in [-0.4, -0.2) is 16.1 Å². The van der Waals surface area contributed by atoms with Crippen molar-refractivity contribution in [2.75, 3.05) is 6.54 Å². The lowest BCUT2D eigenvalue weighted by Gasteiger charge is -2.08. The van der Waals surface area contributed by atoms with Crippen LogP contribution in [-0.2, 0) is 13.5 Å². The largest absolute Gasteiger partial charge is 0.318 e. The number of aromatic nitrogens is 2. The molecule has 0 aliphatic heterocycles. The number of rotatable bonds is 4. The van der Waals surface area contributed by atoms with E-state index in [2.05, 4.69) is 10.1 Å². The van der Waals surface area contributed by atoms with E-state index in [-0.39, 0.29) is 5.62 Å². The molecule has 0 radical (unpaired) electrons. The first-order chi connectivity index (χ1) is 9.11. The van der Waals surface area contributed by atoms with E-state index in [4.69, 9.17) is 10.9 Å². The molecule has 0 aliphatic carbocycles. The molecule has 0 bridgehead atoms. The Kier molecular flexibility index (Phi) is 3.85. The number of benzene rings is 1. The summed E-state index contributed by atoms with van der Waals surface area (Å²) in [5, 5.41) is 11.2. The van der Waals surface area contributed by atoms with E-state index >= 15 is 0 Å². The van der Waals surface area contributed by atoms with Crippen molar-refractivity contribution in [2.45, 2.75) is 13.3 Å². The molecule has 2 aromatic rings. The molecule has 98 valence electrons. The van der Waals surface area contributed by atoms with Gasteiger partial charge in [-0.3, -0.25) is 5.41 Å². The van der Waals surface area contributed by atoms with Gasteiger partial charge < -0.3 is 4.57 Å². The highest BCUT2D eigenvalue weighted by molar-refractivity contribution is 5.59. The molecule has 1 heterocycles. The second-order valence-electron chi connectivity index (χ2n) is 4.49. The predicted octanol–water partition coefficient (Wildman–Crippen LogP) is 2.45. The zero-order chi connectivity index (χ0) is 13.8. The molecule has 0 fully saturated rings. The Morgan fingerprint density at radius 1 is 1.26 bits per heavy atom. The first-order valence-corrected chi connectivity index (χ1v) is 6.13. The van der Waals surface area contributed by atoms with Crippen LogP contribution in [0.4, 0.5) is 0 Å². The fourth-order valence-corrected chi connectivity index (χ4v) is 1.86. The van der Waals surface area contributed by atoms with Gasteiger partial charge in [-0.15, -0.1) is 0 Å². The maximum absolute atomic E-state index is 7.80. The summed E-state index contributed by atoms with van der Waals surface area (Å²) in [5.74, 6) is 0. The molecule has 1 aromatic heterocycles. The van der Waals surface area contributed by atoms with Gasteiger partial charge in [0, 0.05) is 18.3 Å². The average Bonchev–Trinajstić information content (AvgIpc) is 2.42. The van der Waals surface area contributed by atoms with Crippen LogP contribution in [0.15, 0.2) is 35.4 Å². The van der Waals surface area contributed by atoms with Crippen molar-refractivity contribution in [3.05, 3.63) is 47.2 Å².